The zero-order valence-corrected chi connectivity index (χ0v) is 33.2. The van der Waals surface area contributed by atoms with Crippen LogP contribution in [0.3, 0.4) is 0 Å². The molecule has 0 fully saturated rings. The molecule has 3 heteroatoms. The minimum atomic E-state index is 0.0150. The van der Waals surface area contributed by atoms with E-state index in [1.807, 2.05) is 0 Å². The van der Waals surface area contributed by atoms with Crippen LogP contribution in [0, 0.1) is 0 Å². The van der Waals surface area contributed by atoms with Crippen molar-refractivity contribution >= 4 is 44.6 Å². The molecule has 278 valence electrons. The molecule has 0 saturated heterocycles. The number of anilines is 4. The average molecular weight is 738 g/mol. The lowest BCUT2D eigenvalue weighted by atomic mass is 9.70. The topological polar surface area (TPSA) is 22.3 Å². The second-order valence-corrected chi connectivity index (χ2v) is 17.3. The van der Waals surface area contributed by atoms with E-state index >= 15 is 0 Å². The Hall–Kier alpha value is -6.32. The molecule has 0 saturated carbocycles. The van der Waals surface area contributed by atoms with Crippen molar-refractivity contribution in [3.63, 3.8) is 0 Å². The standard InChI is InChI=1S/C54H47N3/c1-53(2)43-13-5-9-17-49(43)56(50-18-10-6-14-44(50)53)39-27-21-35(22-28-39)37-25-31-41-42-32-26-38(34-48(42)55-47(41)33-37)36-23-29-40(30-24-36)57-51-19-11-7-15-45(51)54(3,4)46-16-8-12-20-52(46)57/h5,7,9-13,15,17-34,55H,6,8,14,16H2,1-4H3. The third-order valence-electron chi connectivity index (χ3n) is 13.4. The van der Waals surface area contributed by atoms with E-state index in [4.69, 9.17) is 0 Å². The molecule has 0 unspecified atom stereocenters. The fourth-order valence-electron chi connectivity index (χ4n) is 10.4. The number of nitrogens with zero attached hydrogens (tertiary/aromatic N) is 2. The molecule has 3 nitrogen and oxygen atoms in total. The minimum Gasteiger partial charge on any atom is -0.354 e. The number of fused-ring (bicyclic) bond motifs is 5. The monoisotopic (exact) mass is 737 g/mol. The van der Waals surface area contributed by atoms with Crippen molar-refractivity contribution in [3.05, 3.63) is 191 Å². The Morgan fingerprint density at radius 1 is 0.456 bits per heavy atom. The molecule has 6 aromatic carbocycles. The number of nitrogens with one attached hydrogen (secondary N) is 1. The maximum Gasteiger partial charge on any atom is 0.0502 e. The van der Waals surface area contributed by atoms with Gasteiger partial charge in [-0.3, -0.25) is 0 Å². The Morgan fingerprint density at radius 3 is 1.30 bits per heavy atom. The first kappa shape index (κ1) is 34.0. The van der Waals surface area contributed by atoms with Crippen LogP contribution in [0.15, 0.2) is 180 Å². The highest BCUT2D eigenvalue weighted by Gasteiger charge is 2.39. The molecule has 0 spiro atoms. The normalized spacial score (nSPS) is 17.8. The summed E-state index contributed by atoms with van der Waals surface area (Å²) >= 11 is 0. The van der Waals surface area contributed by atoms with Crippen LogP contribution in [0.4, 0.5) is 22.7 Å². The molecular weight excluding hydrogens is 691 g/mol. The van der Waals surface area contributed by atoms with Crippen LogP contribution in [0.25, 0.3) is 44.1 Å². The molecule has 0 amide bonds. The maximum absolute atomic E-state index is 3.78. The van der Waals surface area contributed by atoms with Gasteiger partial charge in [0.2, 0.25) is 0 Å². The average Bonchev–Trinajstić information content (AvgIpc) is 3.62. The minimum absolute atomic E-state index is 0.0150. The molecule has 0 radical (unpaired) electrons. The predicted molar refractivity (Wildman–Crippen MR) is 241 cm³/mol. The lowest BCUT2D eigenvalue weighted by Gasteiger charge is -2.44. The van der Waals surface area contributed by atoms with Crippen LogP contribution in [0.1, 0.15) is 64.5 Å². The molecule has 3 heterocycles. The van der Waals surface area contributed by atoms with Crippen molar-refractivity contribution < 1.29 is 0 Å². The van der Waals surface area contributed by atoms with Crippen molar-refractivity contribution in [2.24, 2.45) is 0 Å². The predicted octanol–water partition coefficient (Wildman–Crippen LogP) is 14.7. The first-order chi connectivity index (χ1) is 27.8. The second-order valence-electron chi connectivity index (χ2n) is 17.3. The number of benzene rings is 6. The van der Waals surface area contributed by atoms with Gasteiger partial charge in [0.1, 0.15) is 0 Å². The highest BCUT2D eigenvalue weighted by molar-refractivity contribution is 6.09. The number of hydrogen-bond acceptors (Lipinski definition) is 2. The molecule has 7 aromatic rings. The van der Waals surface area contributed by atoms with Crippen molar-refractivity contribution in [1.29, 1.82) is 0 Å². The number of hydrogen-bond donors (Lipinski definition) is 1. The van der Waals surface area contributed by atoms with Gasteiger partial charge in [0.25, 0.3) is 0 Å². The zero-order valence-electron chi connectivity index (χ0n) is 33.2. The van der Waals surface area contributed by atoms with Crippen molar-refractivity contribution in [2.75, 3.05) is 9.80 Å². The summed E-state index contributed by atoms with van der Waals surface area (Å²) in [7, 11) is 0. The van der Waals surface area contributed by atoms with Gasteiger partial charge < -0.3 is 14.8 Å². The van der Waals surface area contributed by atoms with Crippen LogP contribution in [-0.2, 0) is 10.8 Å². The van der Waals surface area contributed by atoms with Gasteiger partial charge in [-0.1, -0.05) is 125 Å². The number of aromatic amines is 1. The van der Waals surface area contributed by atoms with Gasteiger partial charge >= 0.3 is 0 Å². The SMILES string of the molecule is CC1(C)C2=C(C=CCC2)N(c2ccc(-c3ccc4c(c3)[nH]c3cc(-c5ccc(N6C7=C(CCC=C7)C(C)(C)c7ccccc76)cc5)ccc34)cc2)c2ccccc21. The first-order valence-electron chi connectivity index (χ1n) is 20.6. The highest BCUT2D eigenvalue weighted by Crippen LogP contribution is 2.52. The zero-order chi connectivity index (χ0) is 38.5. The molecule has 4 aliphatic rings. The van der Waals surface area contributed by atoms with Gasteiger partial charge in [-0.2, -0.15) is 0 Å². The lowest BCUT2D eigenvalue weighted by molar-refractivity contribution is 0.570. The summed E-state index contributed by atoms with van der Waals surface area (Å²) in [5, 5.41) is 2.50. The van der Waals surface area contributed by atoms with Crippen molar-refractivity contribution in [2.45, 2.75) is 64.2 Å². The smallest absolute Gasteiger partial charge is 0.0502 e. The Morgan fingerprint density at radius 2 is 0.860 bits per heavy atom. The number of rotatable bonds is 4. The van der Waals surface area contributed by atoms with Gasteiger partial charge in [-0.15, -0.1) is 0 Å². The van der Waals surface area contributed by atoms with Gasteiger partial charge in [-0.25, -0.2) is 0 Å². The van der Waals surface area contributed by atoms with E-state index in [-0.39, 0.29) is 10.8 Å². The third kappa shape index (κ3) is 5.18. The van der Waals surface area contributed by atoms with Crippen molar-refractivity contribution in [1.82, 2.24) is 4.98 Å². The number of allylic oxidation sites excluding steroid dienone is 6. The van der Waals surface area contributed by atoms with Gasteiger partial charge in [-0.05, 0) is 131 Å². The van der Waals surface area contributed by atoms with Crippen LogP contribution in [-0.4, -0.2) is 4.98 Å². The number of para-hydroxylation sites is 2. The summed E-state index contributed by atoms with van der Waals surface area (Å²) in [6.45, 7) is 9.54. The molecule has 1 aromatic heterocycles. The molecular formula is C54H47N3. The van der Waals surface area contributed by atoms with Crippen LogP contribution >= 0.6 is 0 Å². The van der Waals surface area contributed by atoms with E-state index in [1.165, 1.54) is 89.4 Å². The van der Waals surface area contributed by atoms with E-state index in [0.717, 1.165) is 36.7 Å². The molecule has 2 aliphatic carbocycles. The fraction of sp³-hybridized carbons (Fsp3) is 0.185. The van der Waals surface area contributed by atoms with E-state index in [1.54, 1.807) is 0 Å². The van der Waals surface area contributed by atoms with Gasteiger partial charge in [0.15, 0.2) is 0 Å². The van der Waals surface area contributed by atoms with Crippen LogP contribution in [0.2, 0.25) is 0 Å². The summed E-state index contributed by atoms with van der Waals surface area (Å²) < 4.78 is 0. The fourth-order valence-corrected chi connectivity index (χ4v) is 10.4. The number of H-pyrrole nitrogens is 1. The van der Waals surface area contributed by atoms with E-state index < -0.39 is 0 Å². The second kappa shape index (κ2) is 12.6. The molecule has 2 aliphatic heterocycles. The molecule has 57 heavy (non-hydrogen) atoms. The summed E-state index contributed by atoms with van der Waals surface area (Å²) in [6, 6.07) is 49.8. The Labute approximate surface area is 336 Å². The quantitative estimate of drug-likeness (QED) is 0.194. The molecule has 1 N–H and O–H groups in total. The Bertz CT molecular complexity index is 2690. The lowest BCUT2D eigenvalue weighted by Crippen LogP contribution is -2.34. The van der Waals surface area contributed by atoms with E-state index in [9.17, 15) is 0 Å². The van der Waals surface area contributed by atoms with E-state index in [2.05, 4.69) is 200 Å². The van der Waals surface area contributed by atoms with Gasteiger partial charge in [0, 0.05) is 55.4 Å². The van der Waals surface area contributed by atoms with Crippen LogP contribution in [0.5, 0.6) is 0 Å². The van der Waals surface area contributed by atoms with Crippen molar-refractivity contribution in [3.8, 4) is 22.3 Å². The Kier molecular flexibility index (Phi) is 7.51. The molecule has 11 rings (SSSR count). The summed E-state index contributed by atoms with van der Waals surface area (Å²) in [6.07, 6.45) is 13.7. The molecule has 0 bridgehead atoms. The summed E-state index contributed by atoms with van der Waals surface area (Å²) in [4.78, 5) is 8.72. The van der Waals surface area contributed by atoms with E-state index in [0.29, 0.717) is 0 Å². The highest BCUT2D eigenvalue weighted by atomic mass is 15.2. The number of aromatic nitrogens is 1. The summed E-state index contributed by atoms with van der Waals surface area (Å²) in [5.41, 5.74) is 20.7. The third-order valence-corrected chi connectivity index (χ3v) is 13.4. The van der Waals surface area contributed by atoms with Crippen LogP contribution < -0.4 is 9.80 Å². The summed E-state index contributed by atoms with van der Waals surface area (Å²) in [5.74, 6) is 0. The largest absolute Gasteiger partial charge is 0.354 e. The maximum atomic E-state index is 3.78. The Balaban J connectivity index is 0.896. The van der Waals surface area contributed by atoms with Gasteiger partial charge in [0.05, 0.1) is 11.4 Å². The molecule has 0 atom stereocenters. The first-order valence-corrected chi connectivity index (χ1v) is 20.6.